The molecule has 88 valence electrons. The average molecular weight is 234 g/mol. The van der Waals surface area contributed by atoms with E-state index in [0.29, 0.717) is 0 Å². The highest BCUT2D eigenvalue weighted by Gasteiger charge is 2.32. The minimum atomic E-state index is -4.79. The summed E-state index contributed by atoms with van der Waals surface area (Å²) in [6, 6.07) is 3.75. The third-order valence-electron chi connectivity index (χ3n) is 2.03. The Morgan fingerprint density at radius 3 is 2.38 bits per heavy atom. The van der Waals surface area contributed by atoms with Crippen molar-refractivity contribution in [2.45, 2.75) is 19.7 Å². The summed E-state index contributed by atoms with van der Waals surface area (Å²) in [4.78, 5) is 0. The molecule has 1 aromatic rings. The largest absolute Gasteiger partial charge is 0.573 e. The van der Waals surface area contributed by atoms with Crippen LogP contribution in [0.2, 0.25) is 0 Å². The van der Waals surface area contributed by atoms with Crippen molar-refractivity contribution in [3.05, 3.63) is 23.8 Å². The van der Waals surface area contributed by atoms with Gasteiger partial charge in [0.15, 0.2) is 0 Å². The van der Waals surface area contributed by atoms with E-state index in [1.165, 1.54) is 12.1 Å². The lowest BCUT2D eigenvalue weighted by atomic mass is 9.76. The number of ether oxygens (including phenoxy) is 1. The molecule has 1 aromatic carbocycles. The van der Waals surface area contributed by atoms with Crippen molar-refractivity contribution >= 4 is 12.6 Å². The summed E-state index contributed by atoms with van der Waals surface area (Å²) in [7, 11) is -1.81. The maximum absolute atomic E-state index is 12.0. The van der Waals surface area contributed by atoms with E-state index in [2.05, 4.69) is 4.74 Å². The standard InChI is InChI=1S/C9H10BF3O3/c1-2-6-7(10(14)15)4-3-5-8(6)16-9(11,12)13/h3-5,14-15H,2H2,1H3. The first-order chi connectivity index (χ1) is 7.35. The summed E-state index contributed by atoms with van der Waals surface area (Å²) in [6.45, 7) is 1.60. The Hall–Kier alpha value is -1.21. The molecule has 7 heteroatoms. The number of hydrogen-bond donors (Lipinski definition) is 2. The second-order valence-electron chi connectivity index (χ2n) is 3.10. The molecule has 0 aromatic heterocycles. The van der Waals surface area contributed by atoms with Crippen LogP contribution in [0.5, 0.6) is 5.75 Å². The summed E-state index contributed by atoms with van der Waals surface area (Å²) >= 11 is 0. The lowest BCUT2D eigenvalue weighted by molar-refractivity contribution is -0.274. The number of benzene rings is 1. The molecule has 0 spiro atoms. The Kier molecular flexibility index (Phi) is 3.82. The molecule has 0 radical (unpaired) electrons. The topological polar surface area (TPSA) is 49.7 Å². The lowest BCUT2D eigenvalue weighted by Gasteiger charge is -2.15. The number of alkyl halides is 3. The summed E-state index contributed by atoms with van der Waals surface area (Å²) in [5.41, 5.74) is 0.152. The fourth-order valence-corrected chi connectivity index (χ4v) is 1.42. The van der Waals surface area contributed by atoms with Crippen LogP contribution in [0.1, 0.15) is 12.5 Å². The third-order valence-corrected chi connectivity index (χ3v) is 2.03. The van der Waals surface area contributed by atoms with E-state index in [1.54, 1.807) is 6.92 Å². The van der Waals surface area contributed by atoms with Gasteiger partial charge in [0.2, 0.25) is 0 Å². The van der Waals surface area contributed by atoms with Crippen LogP contribution in [-0.2, 0) is 6.42 Å². The highest BCUT2D eigenvalue weighted by Crippen LogP contribution is 2.25. The fraction of sp³-hybridized carbons (Fsp3) is 0.333. The van der Waals surface area contributed by atoms with Crippen LogP contribution in [0, 0.1) is 0 Å². The molecule has 3 nitrogen and oxygen atoms in total. The van der Waals surface area contributed by atoms with Crippen molar-refractivity contribution in [2.75, 3.05) is 0 Å². The molecule has 0 fully saturated rings. The van der Waals surface area contributed by atoms with E-state index < -0.39 is 19.2 Å². The predicted octanol–water partition coefficient (Wildman–Crippen LogP) is 0.827. The van der Waals surface area contributed by atoms with Crippen LogP contribution < -0.4 is 10.2 Å². The molecule has 0 bridgehead atoms. The van der Waals surface area contributed by atoms with Gasteiger partial charge in [0.25, 0.3) is 0 Å². The van der Waals surface area contributed by atoms with Gasteiger partial charge in [0.05, 0.1) is 0 Å². The zero-order chi connectivity index (χ0) is 12.3. The number of rotatable bonds is 3. The Balaban J connectivity index is 3.14. The molecule has 0 heterocycles. The van der Waals surface area contributed by atoms with Gasteiger partial charge in [0, 0.05) is 0 Å². The molecule has 0 aliphatic carbocycles. The van der Waals surface area contributed by atoms with Gasteiger partial charge in [-0.2, -0.15) is 0 Å². The maximum Gasteiger partial charge on any atom is 0.573 e. The second-order valence-corrected chi connectivity index (χ2v) is 3.10. The van der Waals surface area contributed by atoms with E-state index >= 15 is 0 Å². The molecule has 16 heavy (non-hydrogen) atoms. The van der Waals surface area contributed by atoms with Crippen molar-refractivity contribution in [3.8, 4) is 5.75 Å². The minimum Gasteiger partial charge on any atom is -0.423 e. The van der Waals surface area contributed by atoms with Gasteiger partial charge in [-0.3, -0.25) is 0 Å². The highest BCUT2D eigenvalue weighted by molar-refractivity contribution is 6.59. The van der Waals surface area contributed by atoms with Crippen LogP contribution in [0.25, 0.3) is 0 Å². The maximum atomic E-state index is 12.0. The zero-order valence-corrected chi connectivity index (χ0v) is 8.45. The number of hydrogen-bond acceptors (Lipinski definition) is 3. The van der Waals surface area contributed by atoms with Crippen molar-refractivity contribution in [3.63, 3.8) is 0 Å². The first kappa shape index (κ1) is 12.9. The quantitative estimate of drug-likeness (QED) is 0.761. The normalized spacial score (nSPS) is 11.4. The predicted molar refractivity (Wildman–Crippen MR) is 52.3 cm³/mol. The molecule has 0 saturated carbocycles. The molecule has 0 amide bonds. The Bertz CT molecular complexity index is 366. The van der Waals surface area contributed by atoms with Crippen molar-refractivity contribution in [1.29, 1.82) is 0 Å². The van der Waals surface area contributed by atoms with E-state index in [-0.39, 0.29) is 17.4 Å². The Morgan fingerprint density at radius 1 is 1.31 bits per heavy atom. The number of halogens is 3. The summed E-state index contributed by atoms with van der Waals surface area (Å²) < 4.78 is 39.9. The van der Waals surface area contributed by atoms with Gasteiger partial charge < -0.3 is 14.8 Å². The van der Waals surface area contributed by atoms with Gasteiger partial charge in [0.1, 0.15) is 5.75 Å². The first-order valence-electron chi connectivity index (χ1n) is 4.58. The smallest absolute Gasteiger partial charge is 0.423 e. The molecule has 0 atom stereocenters. The Morgan fingerprint density at radius 2 is 1.94 bits per heavy atom. The van der Waals surface area contributed by atoms with E-state index in [0.717, 1.165) is 6.07 Å². The van der Waals surface area contributed by atoms with Gasteiger partial charge in [-0.05, 0) is 23.5 Å². The third kappa shape index (κ3) is 3.14. The van der Waals surface area contributed by atoms with Gasteiger partial charge in [-0.1, -0.05) is 19.1 Å². The van der Waals surface area contributed by atoms with E-state index in [9.17, 15) is 13.2 Å². The lowest BCUT2D eigenvalue weighted by Crippen LogP contribution is -2.33. The van der Waals surface area contributed by atoms with Gasteiger partial charge in [-0.15, -0.1) is 13.2 Å². The monoisotopic (exact) mass is 234 g/mol. The second kappa shape index (κ2) is 4.75. The molecule has 0 aliphatic heterocycles. The van der Waals surface area contributed by atoms with Gasteiger partial charge in [-0.25, -0.2) is 0 Å². The molecule has 0 saturated heterocycles. The zero-order valence-electron chi connectivity index (χ0n) is 8.45. The van der Waals surface area contributed by atoms with Gasteiger partial charge >= 0.3 is 13.5 Å². The summed E-state index contributed by atoms with van der Waals surface area (Å²) in [6.07, 6.45) is -4.58. The van der Waals surface area contributed by atoms with E-state index in [4.69, 9.17) is 10.0 Å². The summed E-state index contributed by atoms with van der Waals surface area (Å²) in [5.74, 6) is -0.402. The fourth-order valence-electron chi connectivity index (χ4n) is 1.42. The minimum absolute atomic E-state index is 0.0178. The van der Waals surface area contributed by atoms with Crippen molar-refractivity contribution in [2.24, 2.45) is 0 Å². The molecular weight excluding hydrogens is 224 g/mol. The molecular formula is C9H10BF3O3. The SMILES string of the molecule is CCc1c(OC(F)(F)F)cccc1B(O)O. The van der Waals surface area contributed by atoms with Crippen molar-refractivity contribution < 1.29 is 28.0 Å². The average Bonchev–Trinajstić information content (AvgIpc) is 2.14. The van der Waals surface area contributed by atoms with Crippen LogP contribution in [0.15, 0.2) is 18.2 Å². The van der Waals surface area contributed by atoms with Crippen LogP contribution >= 0.6 is 0 Å². The first-order valence-corrected chi connectivity index (χ1v) is 4.58. The highest BCUT2D eigenvalue weighted by atomic mass is 19.4. The molecule has 1 rings (SSSR count). The molecule has 0 unspecified atom stereocenters. The van der Waals surface area contributed by atoms with Crippen molar-refractivity contribution in [1.82, 2.24) is 0 Å². The summed E-state index contributed by atoms with van der Waals surface area (Å²) in [5, 5.41) is 18.0. The van der Waals surface area contributed by atoms with E-state index in [1.807, 2.05) is 0 Å². The van der Waals surface area contributed by atoms with Crippen LogP contribution in [-0.4, -0.2) is 23.5 Å². The van der Waals surface area contributed by atoms with Crippen LogP contribution in [0.3, 0.4) is 0 Å². The van der Waals surface area contributed by atoms with Crippen LogP contribution in [0.4, 0.5) is 13.2 Å². The molecule has 2 N–H and O–H groups in total. The Labute approximate surface area is 90.6 Å². The molecule has 0 aliphatic rings.